The van der Waals surface area contributed by atoms with E-state index in [0.29, 0.717) is 17.3 Å². The zero-order valence-electron chi connectivity index (χ0n) is 11.8. The quantitative estimate of drug-likeness (QED) is 0.619. The van der Waals surface area contributed by atoms with E-state index in [1.807, 2.05) is 25.9 Å². The molecule has 1 aromatic heterocycles. The summed E-state index contributed by atoms with van der Waals surface area (Å²) in [5.74, 6) is -0.193. The first-order valence-electron chi connectivity index (χ1n) is 6.30. The molecule has 0 fully saturated rings. The normalized spacial score (nSPS) is 11.9. The number of nitrogens with one attached hydrogen (secondary N) is 1. The van der Waals surface area contributed by atoms with Gasteiger partial charge < -0.3 is 10.2 Å². The largest absolute Gasteiger partial charge is 0.451 e. The molecule has 0 aliphatic carbocycles. The van der Waals surface area contributed by atoms with Crippen LogP contribution in [0.3, 0.4) is 0 Å². The van der Waals surface area contributed by atoms with Crippen molar-refractivity contribution in [1.29, 1.82) is 0 Å². The second-order valence-corrected chi connectivity index (χ2v) is 5.61. The minimum atomic E-state index is -4.53. The number of hydrogen-bond acceptors (Lipinski definition) is 5. The van der Waals surface area contributed by atoms with Gasteiger partial charge in [-0.2, -0.15) is 13.2 Å². The SMILES string of the molecule is CCCNc1cc(SCCN(C)C)nc(C(F)(F)F)n1. The standard InChI is InChI=1S/C12H19F3N4S/c1-4-5-16-9-8-10(20-7-6-19(2)3)18-11(17-9)12(13,14)15/h8H,4-7H2,1-3H3,(H,16,17,18). The Morgan fingerprint density at radius 2 is 2.00 bits per heavy atom. The van der Waals surface area contributed by atoms with Gasteiger partial charge in [0, 0.05) is 24.9 Å². The van der Waals surface area contributed by atoms with E-state index in [1.165, 1.54) is 11.8 Å². The molecule has 4 nitrogen and oxygen atoms in total. The van der Waals surface area contributed by atoms with Crippen molar-refractivity contribution < 1.29 is 13.2 Å². The Morgan fingerprint density at radius 3 is 2.55 bits per heavy atom. The van der Waals surface area contributed by atoms with Crippen molar-refractivity contribution in [2.75, 3.05) is 38.3 Å². The molecule has 8 heteroatoms. The fourth-order valence-electron chi connectivity index (χ4n) is 1.30. The van der Waals surface area contributed by atoms with Crippen LogP contribution in [-0.2, 0) is 6.18 Å². The number of thioether (sulfide) groups is 1. The van der Waals surface area contributed by atoms with Crippen molar-refractivity contribution in [3.8, 4) is 0 Å². The van der Waals surface area contributed by atoms with Crippen LogP contribution < -0.4 is 5.32 Å². The topological polar surface area (TPSA) is 41.0 Å². The minimum absolute atomic E-state index is 0.224. The maximum Gasteiger partial charge on any atom is 0.451 e. The minimum Gasteiger partial charge on any atom is -0.370 e. The third-order valence-corrected chi connectivity index (χ3v) is 3.19. The highest BCUT2D eigenvalue weighted by Crippen LogP contribution is 2.29. The number of aromatic nitrogens is 2. The molecule has 0 aliphatic heterocycles. The summed E-state index contributed by atoms with van der Waals surface area (Å²) < 4.78 is 38.3. The van der Waals surface area contributed by atoms with Crippen LogP contribution in [0.4, 0.5) is 19.0 Å². The lowest BCUT2D eigenvalue weighted by atomic mass is 10.4. The third-order valence-electron chi connectivity index (χ3n) is 2.30. The molecule has 0 spiro atoms. The number of nitrogens with zero attached hydrogens (tertiary/aromatic N) is 3. The highest BCUT2D eigenvalue weighted by molar-refractivity contribution is 7.99. The van der Waals surface area contributed by atoms with Crippen LogP contribution in [0.2, 0.25) is 0 Å². The molecule has 0 atom stereocenters. The fourth-order valence-corrected chi connectivity index (χ4v) is 2.31. The van der Waals surface area contributed by atoms with Gasteiger partial charge in [0.25, 0.3) is 0 Å². The van der Waals surface area contributed by atoms with Crippen LogP contribution >= 0.6 is 11.8 Å². The maximum atomic E-state index is 12.8. The maximum absolute atomic E-state index is 12.8. The molecule has 20 heavy (non-hydrogen) atoms. The van der Waals surface area contributed by atoms with Gasteiger partial charge in [0.1, 0.15) is 10.8 Å². The predicted molar refractivity (Wildman–Crippen MR) is 75.1 cm³/mol. The van der Waals surface area contributed by atoms with E-state index < -0.39 is 12.0 Å². The van der Waals surface area contributed by atoms with Crippen molar-refractivity contribution in [3.63, 3.8) is 0 Å². The number of rotatable bonds is 7. The van der Waals surface area contributed by atoms with Gasteiger partial charge >= 0.3 is 6.18 Å². The van der Waals surface area contributed by atoms with Gasteiger partial charge in [-0.25, -0.2) is 9.97 Å². The highest BCUT2D eigenvalue weighted by atomic mass is 32.2. The molecular formula is C12H19F3N4S. The molecule has 0 saturated carbocycles. The summed E-state index contributed by atoms with van der Waals surface area (Å²) >= 11 is 1.29. The highest BCUT2D eigenvalue weighted by Gasteiger charge is 2.35. The number of alkyl halides is 3. The molecule has 0 bridgehead atoms. The lowest BCUT2D eigenvalue weighted by Gasteiger charge is -2.12. The lowest BCUT2D eigenvalue weighted by Crippen LogP contribution is -2.16. The smallest absolute Gasteiger partial charge is 0.370 e. The van der Waals surface area contributed by atoms with Crippen LogP contribution in [0.1, 0.15) is 19.2 Å². The molecule has 0 saturated heterocycles. The summed E-state index contributed by atoms with van der Waals surface area (Å²) in [6, 6.07) is 1.56. The van der Waals surface area contributed by atoms with E-state index in [0.717, 1.165) is 13.0 Å². The monoisotopic (exact) mass is 308 g/mol. The van der Waals surface area contributed by atoms with Crippen LogP contribution in [0.5, 0.6) is 0 Å². The van der Waals surface area contributed by atoms with Crippen LogP contribution in [0, 0.1) is 0 Å². The van der Waals surface area contributed by atoms with Crippen LogP contribution in [0.15, 0.2) is 11.1 Å². The first-order chi connectivity index (χ1) is 9.32. The average molecular weight is 308 g/mol. The van der Waals surface area contributed by atoms with E-state index in [-0.39, 0.29) is 5.82 Å². The van der Waals surface area contributed by atoms with E-state index in [2.05, 4.69) is 15.3 Å². The molecular weight excluding hydrogens is 289 g/mol. The van der Waals surface area contributed by atoms with Gasteiger partial charge in [0.05, 0.1) is 0 Å². The molecule has 0 aliphatic rings. The molecule has 0 aromatic carbocycles. The zero-order valence-corrected chi connectivity index (χ0v) is 12.6. The molecule has 1 aromatic rings. The molecule has 1 heterocycles. The Bertz CT molecular complexity index is 424. The third kappa shape index (κ3) is 5.96. The Labute approximate surface area is 121 Å². The Morgan fingerprint density at radius 1 is 1.30 bits per heavy atom. The van der Waals surface area contributed by atoms with E-state index in [1.54, 1.807) is 6.07 Å². The molecule has 0 unspecified atom stereocenters. The second-order valence-electron chi connectivity index (χ2n) is 4.49. The fraction of sp³-hybridized carbons (Fsp3) is 0.667. The Kier molecular flexibility index (Phi) is 6.54. The van der Waals surface area contributed by atoms with Crippen LogP contribution in [-0.4, -0.2) is 47.8 Å². The van der Waals surface area contributed by atoms with E-state index in [9.17, 15) is 13.2 Å². The average Bonchev–Trinajstić information content (AvgIpc) is 2.34. The first-order valence-corrected chi connectivity index (χ1v) is 7.29. The van der Waals surface area contributed by atoms with Crippen molar-refractivity contribution in [2.24, 2.45) is 0 Å². The van der Waals surface area contributed by atoms with Gasteiger partial charge in [-0.1, -0.05) is 6.92 Å². The van der Waals surface area contributed by atoms with Gasteiger partial charge in [0.15, 0.2) is 0 Å². The van der Waals surface area contributed by atoms with Gasteiger partial charge in [-0.05, 0) is 20.5 Å². The number of halogens is 3. The molecule has 1 rings (SSSR count). The van der Waals surface area contributed by atoms with E-state index >= 15 is 0 Å². The van der Waals surface area contributed by atoms with Gasteiger partial charge in [-0.3, -0.25) is 0 Å². The summed E-state index contributed by atoms with van der Waals surface area (Å²) in [6.45, 7) is 3.29. The predicted octanol–water partition coefficient (Wildman–Crippen LogP) is 2.97. The second kappa shape index (κ2) is 7.68. The van der Waals surface area contributed by atoms with E-state index in [4.69, 9.17) is 0 Å². The van der Waals surface area contributed by atoms with Gasteiger partial charge in [-0.15, -0.1) is 11.8 Å². The molecule has 0 radical (unpaired) electrons. The van der Waals surface area contributed by atoms with Gasteiger partial charge in [0.2, 0.25) is 5.82 Å². The van der Waals surface area contributed by atoms with Crippen molar-refractivity contribution in [1.82, 2.24) is 14.9 Å². The summed E-state index contributed by atoms with van der Waals surface area (Å²) in [6.07, 6.45) is -3.71. The molecule has 1 N–H and O–H groups in total. The Balaban J connectivity index is 2.86. The number of hydrogen-bond donors (Lipinski definition) is 1. The Hall–Kier alpha value is -1.02. The van der Waals surface area contributed by atoms with Crippen molar-refractivity contribution >= 4 is 17.6 Å². The lowest BCUT2D eigenvalue weighted by molar-refractivity contribution is -0.145. The summed E-state index contributed by atoms with van der Waals surface area (Å²) in [5, 5.41) is 3.21. The summed E-state index contributed by atoms with van der Waals surface area (Å²) in [4.78, 5) is 9.06. The first kappa shape index (κ1) is 17.0. The number of anilines is 1. The zero-order chi connectivity index (χ0) is 15.2. The molecule has 114 valence electrons. The summed E-state index contributed by atoms with van der Waals surface area (Å²) in [7, 11) is 3.83. The molecule has 0 amide bonds. The summed E-state index contributed by atoms with van der Waals surface area (Å²) in [5.41, 5.74) is 0. The van der Waals surface area contributed by atoms with Crippen molar-refractivity contribution in [3.05, 3.63) is 11.9 Å². The van der Waals surface area contributed by atoms with Crippen LogP contribution in [0.25, 0.3) is 0 Å². The van der Waals surface area contributed by atoms with Crippen molar-refractivity contribution in [2.45, 2.75) is 24.5 Å².